The maximum absolute atomic E-state index is 13.8. The van der Waals surface area contributed by atoms with Gasteiger partial charge in [0.15, 0.2) is 0 Å². The highest BCUT2D eigenvalue weighted by Crippen LogP contribution is 2.21. The molecule has 0 bridgehead atoms. The highest BCUT2D eigenvalue weighted by molar-refractivity contribution is 7.89. The number of hydrogen-bond donors (Lipinski definition) is 1. The first-order chi connectivity index (χ1) is 11.8. The van der Waals surface area contributed by atoms with Gasteiger partial charge in [0, 0.05) is 38.8 Å². The molecule has 140 valence electrons. The number of carbonyl (C=O) groups excluding carboxylic acids is 1. The number of carbonyl (C=O) groups is 1. The van der Waals surface area contributed by atoms with Gasteiger partial charge in [-0.1, -0.05) is 13.3 Å². The van der Waals surface area contributed by atoms with Crippen LogP contribution >= 0.6 is 0 Å². The van der Waals surface area contributed by atoms with Crippen LogP contribution in [-0.4, -0.2) is 62.8 Å². The lowest BCUT2D eigenvalue weighted by molar-refractivity contribution is -0.122. The number of nitrogens with zero attached hydrogens (tertiary/aromatic N) is 2. The number of benzene rings is 1. The fraction of sp³-hybridized carbons (Fsp3) is 0.562. The zero-order valence-electron chi connectivity index (χ0n) is 14.2. The van der Waals surface area contributed by atoms with Crippen LogP contribution in [0, 0.1) is 11.6 Å². The molecule has 0 spiro atoms. The van der Waals surface area contributed by atoms with Gasteiger partial charge in [-0.25, -0.2) is 17.2 Å². The normalized spacial score (nSPS) is 16.8. The SMILES string of the molecule is CCCCNC(=O)CN1CCN(S(=O)(=O)c2ccc(F)cc2F)CC1. The Balaban J connectivity index is 1.91. The van der Waals surface area contributed by atoms with Gasteiger partial charge in [-0.05, 0) is 18.6 Å². The summed E-state index contributed by atoms with van der Waals surface area (Å²) in [5.41, 5.74) is 0. The molecule has 1 heterocycles. The summed E-state index contributed by atoms with van der Waals surface area (Å²) >= 11 is 0. The Labute approximate surface area is 146 Å². The van der Waals surface area contributed by atoms with Crippen molar-refractivity contribution >= 4 is 15.9 Å². The van der Waals surface area contributed by atoms with Crippen molar-refractivity contribution in [3.05, 3.63) is 29.8 Å². The van der Waals surface area contributed by atoms with E-state index in [9.17, 15) is 22.0 Å². The van der Waals surface area contributed by atoms with Crippen molar-refractivity contribution in [3.63, 3.8) is 0 Å². The van der Waals surface area contributed by atoms with Crippen molar-refractivity contribution in [1.82, 2.24) is 14.5 Å². The highest BCUT2D eigenvalue weighted by atomic mass is 32.2. The summed E-state index contributed by atoms with van der Waals surface area (Å²) in [5.74, 6) is -2.01. The van der Waals surface area contributed by atoms with E-state index < -0.39 is 26.6 Å². The quantitative estimate of drug-likeness (QED) is 0.727. The van der Waals surface area contributed by atoms with E-state index in [-0.39, 0.29) is 25.5 Å². The summed E-state index contributed by atoms with van der Waals surface area (Å²) in [6.07, 6.45) is 1.91. The molecule has 1 aliphatic rings. The van der Waals surface area contributed by atoms with E-state index in [1.165, 1.54) is 0 Å². The summed E-state index contributed by atoms with van der Waals surface area (Å²) in [6.45, 7) is 3.95. The number of nitrogens with one attached hydrogen (secondary N) is 1. The molecule has 0 radical (unpaired) electrons. The third-order valence-electron chi connectivity index (χ3n) is 4.06. The van der Waals surface area contributed by atoms with Gasteiger partial charge in [0.05, 0.1) is 6.54 Å². The summed E-state index contributed by atoms with van der Waals surface area (Å²) in [7, 11) is -4.01. The third-order valence-corrected chi connectivity index (χ3v) is 5.99. The third kappa shape index (κ3) is 5.20. The van der Waals surface area contributed by atoms with E-state index in [0.29, 0.717) is 25.7 Å². The molecule has 1 aromatic rings. The fourth-order valence-corrected chi connectivity index (χ4v) is 4.08. The van der Waals surface area contributed by atoms with E-state index in [2.05, 4.69) is 5.32 Å². The van der Waals surface area contributed by atoms with Crippen LogP contribution < -0.4 is 5.32 Å². The van der Waals surface area contributed by atoms with Gasteiger partial charge >= 0.3 is 0 Å². The average molecular weight is 375 g/mol. The van der Waals surface area contributed by atoms with Crippen molar-refractivity contribution in [3.8, 4) is 0 Å². The number of sulfonamides is 1. The fourth-order valence-electron chi connectivity index (χ4n) is 2.62. The molecule has 9 heteroatoms. The van der Waals surface area contributed by atoms with Crippen molar-refractivity contribution in [2.24, 2.45) is 0 Å². The van der Waals surface area contributed by atoms with E-state index in [1.54, 1.807) is 0 Å². The molecule has 1 fully saturated rings. The van der Waals surface area contributed by atoms with Gasteiger partial charge in [-0.2, -0.15) is 4.31 Å². The molecular weight excluding hydrogens is 352 g/mol. The maximum atomic E-state index is 13.8. The topological polar surface area (TPSA) is 69.7 Å². The van der Waals surface area contributed by atoms with Crippen LogP contribution in [0.25, 0.3) is 0 Å². The number of amides is 1. The second-order valence-electron chi connectivity index (χ2n) is 5.96. The van der Waals surface area contributed by atoms with Gasteiger partial charge in [0.25, 0.3) is 0 Å². The molecule has 0 atom stereocenters. The Morgan fingerprint density at radius 3 is 2.48 bits per heavy atom. The zero-order chi connectivity index (χ0) is 18.4. The molecule has 1 saturated heterocycles. The van der Waals surface area contributed by atoms with Gasteiger partial charge in [0.2, 0.25) is 15.9 Å². The van der Waals surface area contributed by atoms with Crippen LogP contribution in [0.15, 0.2) is 23.1 Å². The summed E-state index contributed by atoms with van der Waals surface area (Å²) in [4.78, 5) is 13.1. The zero-order valence-corrected chi connectivity index (χ0v) is 15.0. The first-order valence-corrected chi connectivity index (χ1v) is 9.73. The average Bonchev–Trinajstić information content (AvgIpc) is 2.55. The van der Waals surface area contributed by atoms with Crippen LogP contribution in [0.4, 0.5) is 8.78 Å². The summed E-state index contributed by atoms with van der Waals surface area (Å²) in [6, 6.07) is 2.42. The summed E-state index contributed by atoms with van der Waals surface area (Å²) in [5, 5.41) is 2.81. The predicted octanol–water partition coefficient (Wildman–Crippen LogP) is 1.19. The van der Waals surface area contributed by atoms with Crippen LogP contribution in [-0.2, 0) is 14.8 Å². The second kappa shape index (κ2) is 8.68. The van der Waals surface area contributed by atoms with E-state index >= 15 is 0 Å². The van der Waals surface area contributed by atoms with E-state index in [0.717, 1.165) is 29.3 Å². The molecule has 25 heavy (non-hydrogen) atoms. The summed E-state index contributed by atoms with van der Waals surface area (Å²) < 4.78 is 52.9. The lowest BCUT2D eigenvalue weighted by atomic mass is 10.3. The predicted molar refractivity (Wildman–Crippen MR) is 89.5 cm³/mol. The standard InChI is InChI=1S/C16H23F2N3O3S/c1-2-3-6-19-16(22)12-20-7-9-21(10-8-20)25(23,24)15-5-4-13(17)11-14(15)18/h4-5,11H,2-3,6-10,12H2,1H3,(H,19,22). The molecule has 0 saturated carbocycles. The number of rotatable bonds is 7. The largest absolute Gasteiger partial charge is 0.355 e. The van der Waals surface area contributed by atoms with Crippen molar-refractivity contribution in [1.29, 1.82) is 0 Å². The molecule has 0 unspecified atom stereocenters. The molecule has 6 nitrogen and oxygen atoms in total. The number of hydrogen-bond acceptors (Lipinski definition) is 4. The molecule has 1 amide bonds. The van der Waals surface area contributed by atoms with E-state index in [4.69, 9.17) is 0 Å². The van der Waals surface area contributed by atoms with Crippen molar-refractivity contribution in [2.45, 2.75) is 24.7 Å². The van der Waals surface area contributed by atoms with Crippen LogP contribution in [0.5, 0.6) is 0 Å². The lowest BCUT2D eigenvalue weighted by Gasteiger charge is -2.33. The highest BCUT2D eigenvalue weighted by Gasteiger charge is 2.31. The first-order valence-electron chi connectivity index (χ1n) is 8.29. The molecule has 1 aromatic carbocycles. The second-order valence-corrected chi connectivity index (χ2v) is 7.86. The van der Waals surface area contributed by atoms with Crippen LogP contribution in [0.1, 0.15) is 19.8 Å². The van der Waals surface area contributed by atoms with Gasteiger partial charge in [-0.15, -0.1) is 0 Å². The first kappa shape index (κ1) is 19.7. The minimum atomic E-state index is -4.01. The Bertz CT molecular complexity index is 705. The van der Waals surface area contributed by atoms with Crippen LogP contribution in [0.2, 0.25) is 0 Å². The smallest absolute Gasteiger partial charge is 0.246 e. The number of unbranched alkanes of at least 4 members (excludes halogenated alkanes) is 1. The van der Waals surface area contributed by atoms with Gasteiger partial charge < -0.3 is 5.32 Å². The van der Waals surface area contributed by atoms with Crippen molar-refractivity contribution in [2.75, 3.05) is 39.3 Å². The Morgan fingerprint density at radius 2 is 1.88 bits per heavy atom. The maximum Gasteiger partial charge on any atom is 0.246 e. The Hall–Kier alpha value is -1.58. The van der Waals surface area contributed by atoms with Gasteiger partial charge in [-0.3, -0.25) is 9.69 Å². The minimum absolute atomic E-state index is 0.0886. The van der Waals surface area contributed by atoms with Gasteiger partial charge in [0.1, 0.15) is 16.5 Å². The van der Waals surface area contributed by atoms with E-state index in [1.807, 2.05) is 11.8 Å². The monoisotopic (exact) mass is 375 g/mol. The Kier molecular flexibility index (Phi) is 6.86. The number of halogens is 2. The van der Waals surface area contributed by atoms with Crippen LogP contribution in [0.3, 0.4) is 0 Å². The molecular formula is C16H23F2N3O3S. The molecule has 0 aromatic heterocycles. The molecule has 2 rings (SSSR count). The molecule has 1 N–H and O–H groups in total. The molecule has 1 aliphatic heterocycles. The Morgan fingerprint density at radius 1 is 1.20 bits per heavy atom. The minimum Gasteiger partial charge on any atom is -0.355 e. The van der Waals surface area contributed by atoms with Crippen molar-refractivity contribution < 1.29 is 22.0 Å². The number of piperazine rings is 1. The lowest BCUT2D eigenvalue weighted by Crippen LogP contribution is -2.51. The molecule has 0 aliphatic carbocycles.